The molecule has 1 aromatic carbocycles. The number of aromatic nitrogens is 2. The van der Waals surface area contributed by atoms with Crippen molar-refractivity contribution in [2.24, 2.45) is 0 Å². The number of hydrogen-bond acceptors (Lipinski definition) is 3. The van der Waals surface area contributed by atoms with E-state index in [-0.39, 0.29) is 11.8 Å². The highest BCUT2D eigenvalue weighted by atomic mass is 16.2. The van der Waals surface area contributed by atoms with Crippen molar-refractivity contribution < 1.29 is 9.59 Å². The van der Waals surface area contributed by atoms with E-state index >= 15 is 0 Å². The SMILES string of the molecule is Cc1ccc(CN2CCN(C(=O)c3n[nH]c4c3CCC4)[C@@H](C)C2=O)cc1. The standard InChI is InChI=1S/C20H24N4O2/c1-13-6-8-15(9-7-13)12-23-10-11-24(14(2)19(23)25)20(26)18-16-4-3-5-17(16)21-22-18/h6-9,14H,3-5,10-12H2,1-2H3,(H,21,22)/t14-/m0/s1. The summed E-state index contributed by atoms with van der Waals surface area (Å²) in [6.07, 6.45) is 2.90. The third-order valence-corrected chi connectivity index (χ3v) is 5.51. The second-order valence-electron chi connectivity index (χ2n) is 7.30. The molecule has 1 fully saturated rings. The van der Waals surface area contributed by atoms with Gasteiger partial charge in [0.15, 0.2) is 5.69 Å². The van der Waals surface area contributed by atoms with Gasteiger partial charge in [-0.1, -0.05) is 29.8 Å². The number of nitrogens with one attached hydrogen (secondary N) is 1. The van der Waals surface area contributed by atoms with Crippen LogP contribution in [0.2, 0.25) is 0 Å². The molecule has 6 nitrogen and oxygen atoms in total. The van der Waals surface area contributed by atoms with Crippen LogP contribution in [0.5, 0.6) is 0 Å². The Morgan fingerprint density at radius 1 is 1.23 bits per heavy atom. The van der Waals surface area contributed by atoms with E-state index in [1.54, 1.807) is 4.90 Å². The smallest absolute Gasteiger partial charge is 0.275 e. The predicted octanol–water partition coefficient (Wildman–Crippen LogP) is 2.08. The maximum atomic E-state index is 13.0. The molecular formula is C20H24N4O2. The summed E-state index contributed by atoms with van der Waals surface area (Å²) in [5.74, 6) is -0.127. The van der Waals surface area contributed by atoms with Crippen molar-refractivity contribution in [3.05, 3.63) is 52.3 Å². The molecule has 2 amide bonds. The van der Waals surface area contributed by atoms with Gasteiger partial charge in [-0.15, -0.1) is 0 Å². The fourth-order valence-corrected chi connectivity index (χ4v) is 3.91. The third kappa shape index (κ3) is 2.89. The summed E-state index contributed by atoms with van der Waals surface area (Å²) >= 11 is 0. The van der Waals surface area contributed by atoms with Crippen molar-refractivity contribution in [1.82, 2.24) is 20.0 Å². The number of carbonyl (C=O) groups is 2. The minimum absolute atomic E-state index is 0.00245. The van der Waals surface area contributed by atoms with Gasteiger partial charge >= 0.3 is 0 Å². The first kappa shape index (κ1) is 16.8. The predicted molar refractivity (Wildman–Crippen MR) is 97.7 cm³/mol. The van der Waals surface area contributed by atoms with Crippen molar-refractivity contribution in [3.8, 4) is 0 Å². The monoisotopic (exact) mass is 352 g/mol. The molecule has 0 saturated carbocycles. The average Bonchev–Trinajstić information content (AvgIpc) is 3.24. The van der Waals surface area contributed by atoms with Gasteiger partial charge in [-0.25, -0.2) is 0 Å². The van der Waals surface area contributed by atoms with E-state index in [4.69, 9.17) is 0 Å². The number of aromatic amines is 1. The van der Waals surface area contributed by atoms with Crippen molar-refractivity contribution in [2.75, 3.05) is 13.1 Å². The zero-order valence-corrected chi connectivity index (χ0v) is 15.3. The Balaban J connectivity index is 1.47. The number of H-pyrrole nitrogens is 1. The second-order valence-corrected chi connectivity index (χ2v) is 7.30. The molecule has 136 valence electrons. The van der Waals surface area contributed by atoms with Crippen LogP contribution in [0.3, 0.4) is 0 Å². The molecule has 1 atom stereocenters. The van der Waals surface area contributed by atoms with E-state index in [0.29, 0.717) is 25.3 Å². The highest BCUT2D eigenvalue weighted by Crippen LogP contribution is 2.25. The molecule has 2 aliphatic rings. The number of piperazine rings is 1. The Morgan fingerprint density at radius 2 is 2.00 bits per heavy atom. The van der Waals surface area contributed by atoms with Crippen LogP contribution in [0.4, 0.5) is 0 Å². The molecule has 1 saturated heterocycles. The van der Waals surface area contributed by atoms with Gasteiger partial charge in [-0.2, -0.15) is 5.10 Å². The van der Waals surface area contributed by atoms with E-state index < -0.39 is 6.04 Å². The van der Waals surface area contributed by atoms with Crippen LogP contribution in [-0.4, -0.2) is 50.9 Å². The lowest BCUT2D eigenvalue weighted by molar-refractivity contribution is -0.140. The van der Waals surface area contributed by atoms with Crippen LogP contribution in [-0.2, 0) is 24.2 Å². The summed E-state index contributed by atoms with van der Waals surface area (Å²) in [7, 11) is 0. The molecular weight excluding hydrogens is 328 g/mol. The first-order chi connectivity index (χ1) is 12.5. The molecule has 1 N–H and O–H groups in total. The lowest BCUT2D eigenvalue weighted by Gasteiger charge is -2.39. The van der Waals surface area contributed by atoms with E-state index in [0.717, 1.165) is 36.1 Å². The molecule has 0 spiro atoms. The Kier molecular flexibility index (Phi) is 4.26. The van der Waals surface area contributed by atoms with Gasteiger partial charge in [-0.05, 0) is 38.7 Å². The minimum atomic E-state index is -0.463. The number of benzene rings is 1. The van der Waals surface area contributed by atoms with E-state index in [2.05, 4.69) is 34.5 Å². The van der Waals surface area contributed by atoms with Crippen LogP contribution >= 0.6 is 0 Å². The van der Waals surface area contributed by atoms with Crippen molar-refractivity contribution in [3.63, 3.8) is 0 Å². The maximum Gasteiger partial charge on any atom is 0.275 e. The van der Waals surface area contributed by atoms with Crippen molar-refractivity contribution in [2.45, 2.75) is 45.7 Å². The van der Waals surface area contributed by atoms with Crippen LogP contribution in [0, 0.1) is 6.92 Å². The summed E-state index contributed by atoms with van der Waals surface area (Å²) in [5, 5.41) is 7.21. The molecule has 0 unspecified atom stereocenters. The fourth-order valence-electron chi connectivity index (χ4n) is 3.91. The molecule has 0 bridgehead atoms. The topological polar surface area (TPSA) is 69.3 Å². The number of carbonyl (C=O) groups excluding carboxylic acids is 2. The van der Waals surface area contributed by atoms with E-state index in [9.17, 15) is 9.59 Å². The molecule has 26 heavy (non-hydrogen) atoms. The Hall–Kier alpha value is -2.63. The number of nitrogens with zero attached hydrogens (tertiary/aromatic N) is 3. The summed E-state index contributed by atoms with van der Waals surface area (Å²) < 4.78 is 0. The van der Waals surface area contributed by atoms with Gasteiger partial charge in [0, 0.05) is 30.9 Å². The number of fused-ring (bicyclic) bond motifs is 1. The third-order valence-electron chi connectivity index (χ3n) is 5.51. The molecule has 2 aromatic rings. The quantitative estimate of drug-likeness (QED) is 0.919. The van der Waals surface area contributed by atoms with Gasteiger partial charge in [0.05, 0.1) is 0 Å². The molecule has 0 radical (unpaired) electrons. The Bertz CT molecular complexity index is 840. The molecule has 1 aliphatic heterocycles. The summed E-state index contributed by atoms with van der Waals surface area (Å²) in [6, 6.07) is 7.76. The van der Waals surface area contributed by atoms with Crippen LogP contribution < -0.4 is 0 Å². The maximum absolute atomic E-state index is 13.0. The highest BCUT2D eigenvalue weighted by molar-refractivity contribution is 5.98. The van der Waals surface area contributed by atoms with Crippen LogP contribution in [0.1, 0.15) is 46.2 Å². The molecule has 2 heterocycles. The summed E-state index contributed by atoms with van der Waals surface area (Å²) in [5.41, 5.74) is 4.93. The fraction of sp³-hybridized carbons (Fsp3) is 0.450. The largest absolute Gasteiger partial charge is 0.335 e. The van der Waals surface area contributed by atoms with Crippen molar-refractivity contribution in [1.29, 1.82) is 0 Å². The van der Waals surface area contributed by atoms with Gasteiger partial charge in [-0.3, -0.25) is 14.7 Å². The highest BCUT2D eigenvalue weighted by Gasteiger charge is 2.37. The van der Waals surface area contributed by atoms with Crippen LogP contribution in [0.15, 0.2) is 24.3 Å². The molecule has 6 heteroatoms. The molecule has 4 rings (SSSR count). The number of amides is 2. The summed E-state index contributed by atoms with van der Waals surface area (Å²) in [6.45, 7) is 5.54. The van der Waals surface area contributed by atoms with Crippen molar-refractivity contribution >= 4 is 11.8 Å². The van der Waals surface area contributed by atoms with Gasteiger partial charge in [0.2, 0.25) is 5.91 Å². The first-order valence-electron chi connectivity index (χ1n) is 9.26. The lowest BCUT2D eigenvalue weighted by Crippen LogP contribution is -2.57. The minimum Gasteiger partial charge on any atom is -0.335 e. The summed E-state index contributed by atoms with van der Waals surface area (Å²) in [4.78, 5) is 29.3. The normalized spacial score (nSPS) is 19.8. The molecule has 1 aromatic heterocycles. The zero-order valence-electron chi connectivity index (χ0n) is 15.3. The second kappa shape index (κ2) is 6.59. The first-order valence-corrected chi connectivity index (χ1v) is 9.26. The lowest BCUT2D eigenvalue weighted by atomic mass is 10.1. The van der Waals surface area contributed by atoms with Gasteiger partial charge < -0.3 is 9.80 Å². The van der Waals surface area contributed by atoms with E-state index in [1.807, 2.05) is 18.7 Å². The number of aryl methyl sites for hydroxylation is 2. The molecule has 1 aliphatic carbocycles. The van der Waals surface area contributed by atoms with Gasteiger partial charge in [0.25, 0.3) is 5.91 Å². The van der Waals surface area contributed by atoms with E-state index in [1.165, 1.54) is 5.56 Å². The Labute approximate surface area is 153 Å². The Morgan fingerprint density at radius 3 is 2.77 bits per heavy atom. The average molecular weight is 352 g/mol. The van der Waals surface area contributed by atoms with Gasteiger partial charge in [0.1, 0.15) is 6.04 Å². The number of hydrogen-bond donors (Lipinski definition) is 1. The van der Waals surface area contributed by atoms with Crippen LogP contribution in [0.25, 0.3) is 0 Å². The zero-order chi connectivity index (χ0) is 18.3. The number of rotatable bonds is 3.